The van der Waals surface area contributed by atoms with Crippen LogP contribution in [0.3, 0.4) is 0 Å². The Morgan fingerprint density at radius 1 is 0.743 bits per heavy atom. The van der Waals surface area contributed by atoms with E-state index in [9.17, 15) is 46.2 Å². The number of pyridine rings is 1. The molecule has 0 aliphatic rings. The molecule has 0 bridgehead atoms. The molecule has 7 N–H and O–H groups in total. The van der Waals surface area contributed by atoms with Gasteiger partial charge in [0.15, 0.2) is 17.1 Å². The minimum absolute atomic E-state index is 0.00239. The van der Waals surface area contributed by atoms with Crippen molar-refractivity contribution in [3.05, 3.63) is 120 Å². The van der Waals surface area contributed by atoms with Crippen LogP contribution in [-0.4, -0.2) is 66.9 Å². The third kappa shape index (κ3) is 10.3. The Morgan fingerprint density at radius 2 is 1.41 bits per heavy atom. The average Bonchev–Trinajstić information content (AvgIpc) is 3.98. The van der Waals surface area contributed by atoms with Crippen LogP contribution in [0.5, 0.6) is 11.6 Å². The summed E-state index contributed by atoms with van der Waals surface area (Å²) in [5.74, 6) is -2.08. The van der Waals surface area contributed by atoms with Crippen molar-refractivity contribution >= 4 is 138 Å². The zero-order chi connectivity index (χ0) is 52.5. The fraction of sp³-hybridized carbons (Fsp3) is 0.0233. The highest BCUT2D eigenvalue weighted by Gasteiger charge is 2.26. The van der Waals surface area contributed by atoms with Crippen LogP contribution in [0.25, 0.3) is 37.7 Å². The minimum Gasteiger partial charge on any atom is -0.505 e. The highest BCUT2D eigenvalue weighted by molar-refractivity contribution is 7.95. The van der Waals surface area contributed by atoms with E-state index in [1.54, 1.807) is 60.7 Å². The molecular weight excluding hydrogens is 1070 g/mol. The van der Waals surface area contributed by atoms with Crippen molar-refractivity contribution in [2.75, 3.05) is 5.32 Å². The molecule has 0 atom stereocenters. The highest BCUT2D eigenvalue weighted by Crippen LogP contribution is 2.48. The van der Waals surface area contributed by atoms with Gasteiger partial charge in [0.1, 0.15) is 44.2 Å². The van der Waals surface area contributed by atoms with E-state index in [1.165, 1.54) is 23.5 Å². The number of hydrogen-bond acceptors (Lipinski definition) is 25. The summed E-state index contributed by atoms with van der Waals surface area (Å²) < 4.78 is 83.5. The second kappa shape index (κ2) is 20.9. The molecule has 0 aliphatic heterocycles. The number of benzene rings is 6. The summed E-state index contributed by atoms with van der Waals surface area (Å²) in [5, 5.41) is 85.1. The van der Waals surface area contributed by atoms with Gasteiger partial charge in [-0.05, 0) is 85.1 Å². The lowest BCUT2D eigenvalue weighted by Crippen LogP contribution is -2.12. The van der Waals surface area contributed by atoms with Crippen molar-refractivity contribution < 1.29 is 70.2 Å². The summed E-state index contributed by atoms with van der Waals surface area (Å²) in [5.41, 5.74) is -1.05. The lowest BCUT2D eigenvalue weighted by molar-refractivity contribution is -0.432. The van der Waals surface area contributed by atoms with Crippen molar-refractivity contribution in [3.63, 3.8) is 0 Å². The number of nitrogens with one attached hydrogen (secondary N) is 1. The zero-order valence-corrected chi connectivity index (χ0v) is 40.8. The Hall–Kier alpha value is -7.94. The second-order valence-corrected chi connectivity index (χ2v) is 20.2. The van der Waals surface area contributed by atoms with Crippen LogP contribution < -0.4 is 5.32 Å². The first kappa shape index (κ1) is 51.0. The number of phenols is 1. The van der Waals surface area contributed by atoms with Crippen LogP contribution in [0.15, 0.2) is 153 Å². The quantitative estimate of drug-likeness (QED) is 0.0155. The lowest BCUT2D eigenvalue weighted by atomic mass is 10.1. The number of imidazole rings is 1. The summed E-state index contributed by atoms with van der Waals surface area (Å²) in [6, 6.07) is 26.1. The molecule has 3 aromatic heterocycles. The Kier molecular flexibility index (Phi) is 14.4. The number of aromatic nitrogens is 3. The van der Waals surface area contributed by atoms with Crippen LogP contribution in [0.1, 0.15) is 21.5 Å². The number of thiazole rings is 1. The fourth-order valence-corrected chi connectivity index (χ4v) is 10.3. The number of phenolic OH excluding ortho intramolecular Hbond substituents is 1. The molecule has 374 valence electrons. The van der Waals surface area contributed by atoms with Gasteiger partial charge in [-0.3, -0.25) is 18.3 Å². The standard InChI is InChI=1S/C43H27N11O15S5/c1-20-25(19-44)40-45-26-9-5-6-10-32(26)54(40)42(57)37(20)51-49-30-16-24-22(14-35(30)73(60,61)62)13-34(72-69-67-59)38(39(24)55)52-50-31-17-28(46-41(56)21-7-3-2-4-8-21)29(18-36(31)74(63,64)65)48-53-43-47-27-12-11-23(71-68-66-58)15-33(27)70-43/h2-18,55,57-59H,1H3,(H,46,56)(H,60,61,62)(H,63,64,65). The molecule has 9 aromatic rings. The highest BCUT2D eigenvalue weighted by atomic mass is 32.2. The summed E-state index contributed by atoms with van der Waals surface area (Å²) in [4.78, 5) is 20.8. The number of hydrogen-bond donors (Lipinski definition) is 7. The number of azo groups is 3. The molecule has 0 saturated carbocycles. The van der Waals surface area contributed by atoms with Gasteiger partial charge in [0.05, 0.1) is 55.9 Å². The van der Waals surface area contributed by atoms with Crippen LogP contribution in [0, 0.1) is 18.3 Å². The number of carbonyl (C=O) groups is 1. The van der Waals surface area contributed by atoms with Gasteiger partial charge in [0, 0.05) is 21.4 Å². The molecule has 74 heavy (non-hydrogen) atoms. The molecule has 1 amide bonds. The number of nitrogens with zero attached hydrogens (tertiary/aromatic N) is 10. The number of fused-ring (bicyclic) bond motifs is 5. The van der Waals surface area contributed by atoms with E-state index in [-0.39, 0.29) is 72.2 Å². The van der Waals surface area contributed by atoms with Gasteiger partial charge in [-0.1, -0.05) is 51.7 Å². The number of amides is 1. The zero-order valence-electron chi connectivity index (χ0n) is 36.7. The van der Waals surface area contributed by atoms with Gasteiger partial charge in [-0.15, -0.1) is 39.4 Å². The summed E-state index contributed by atoms with van der Waals surface area (Å²) in [7, 11) is -10.4. The largest absolute Gasteiger partial charge is 0.505 e. The molecule has 26 nitrogen and oxygen atoms in total. The van der Waals surface area contributed by atoms with E-state index < -0.39 is 64.6 Å². The molecule has 0 fully saturated rings. The smallest absolute Gasteiger partial charge is 0.296 e. The first-order valence-electron chi connectivity index (χ1n) is 20.3. The summed E-state index contributed by atoms with van der Waals surface area (Å²) in [6.07, 6.45) is 0. The molecular formula is C43H27N11O15S5. The number of anilines is 1. The Labute approximate surface area is 426 Å². The third-order valence-corrected chi connectivity index (χ3v) is 14.4. The van der Waals surface area contributed by atoms with E-state index in [0.29, 0.717) is 38.2 Å². The fourth-order valence-electron chi connectivity index (χ4n) is 7.24. The molecule has 31 heteroatoms. The first-order chi connectivity index (χ1) is 35.5. The number of para-hydroxylation sites is 2. The number of aromatic hydroxyl groups is 2. The molecule has 0 unspecified atom stereocenters. The summed E-state index contributed by atoms with van der Waals surface area (Å²) in [6.45, 7) is 1.44. The maximum Gasteiger partial charge on any atom is 0.296 e. The second-order valence-electron chi connectivity index (χ2n) is 14.9. The summed E-state index contributed by atoms with van der Waals surface area (Å²) >= 11 is 1.95. The van der Waals surface area contributed by atoms with Gasteiger partial charge < -0.3 is 15.5 Å². The van der Waals surface area contributed by atoms with E-state index in [4.69, 9.17) is 10.5 Å². The number of nitriles is 1. The Balaban J connectivity index is 1.17. The number of carbonyl (C=O) groups excluding carboxylic acids is 1. The van der Waals surface area contributed by atoms with Crippen molar-refractivity contribution in [2.24, 2.45) is 30.7 Å². The van der Waals surface area contributed by atoms with Gasteiger partial charge in [0.2, 0.25) is 11.0 Å². The maximum atomic E-state index is 13.5. The Morgan fingerprint density at radius 3 is 2.12 bits per heavy atom. The molecule has 0 saturated heterocycles. The first-order valence-corrected chi connectivity index (χ1v) is 25.5. The monoisotopic (exact) mass is 1100 g/mol. The van der Waals surface area contributed by atoms with Crippen molar-refractivity contribution in [2.45, 2.75) is 26.5 Å². The third-order valence-electron chi connectivity index (χ3n) is 10.5. The molecule has 3 heterocycles. The van der Waals surface area contributed by atoms with Gasteiger partial charge in [-0.2, -0.15) is 22.1 Å². The van der Waals surface area contributed by atoms with Crippen molar-refractivity contribution in [1.82, 2.24) is 14.4 Å². The molecule has 0 radical (unpaired) electrons. The van der Waals surface area contributed by atoms with E-state index >= 15 is 0 Å². The average molecular weight is 1100 g/mol. The topological polar surface area (TPSA) is 384 Å². The van der Waals surface area contributed by atoms with Crippen LogP contribution in [-0.2, 0) is 39.0 Å². The van der Waals surface area contributed by atoms with E-state index in [1.807, 2.05) is 6.07 Å². The predicted molar refractivity (Wildman–Crippen MR) is 263 cm³/mol. The lowest BCUT2D eigenvalue weighted by Gasteiger charge is -2.13. The van der Waals surface area contributed by atoms with Gasteiger partial charge in [-0.25, -0.2) is 20.5 Å². The van der Waals surface area contributed by atoms with Crippen LogP contribution >= 0.6 is 35.4 Å². The number of rotatable bonds is 16. The minimum atomic E-state index is -5.24. The van der Waals surface area contributed by atoms with Crippen molar-refractivity contribution in [1.29, 1.82) is 5.26 Å². The van der Waals surface area contributed by atoms with Crippen LogP contribution in [0.4, 0.5) is 39.3 Å². The molecule has 0 spiro atoms. The van der Waals surface area contributed by atoms with Crippen LogP contribution in [0.2, 0.25) is 0 Å². The van der Waals surface area contributed by atoms with Gasteiger partial charge >= 0.3 is 0 Å². The molecule has 0 aliphatic carbocycles. The molecule has 6 aromatic carbocycles. The normalized spacial score (nSPS) is 12.4. The molecule has 9 rings (SSSR count). The van der Waals surface area contributed by atoms with E-state index in [2.05, 4.69) is 64.7 Å². The van der Waals surface area contributed by atoms with E-state index in [0.717, 1.165) is 41.7 Å². The Bertz CT molecular complexity index is 4130. The maximum absolute atomic E-state index is 13.5. The predicted octanol–water partition coefficient (Wildman–Crippen LogP) is 11.7. The SMILES string of the molecule is Cc1c(N=Nc2cc3c(O)c(N=Nc4cc(NC(=O)c5ccccc5)c(N=Nc5nc6ccc(SOOO)cc6s5)cc4S(=O)(=O)O)c(SOOO)cc3cc2S(=O)(=O)O)c(O)n2c(nc3ccccc32)c1C#N. The van der Waals surface area contributed by atoms with Gasteiger partial charge in [0.25, 0.3) is 26.1 Å². The van der Waals surface area contributed by atoms with Crippen molar-refractivity contribution in [3.8, 4) is 17.7 Å².